The van der Waals surface area contributed by atoms with Crippen LogP contribution in [-0.2, 0) is 0 Å². The molecule has 0 fully saturated rings. The van der Waals surface area contributed by atoms with Gasteiger partial charge >= 0.3 is 0 Å². The summed E-state index contributed by atoms with van der Waals surface area (Å²) in [6.07, 6.45) is 0. The van der Waals surface area contributed by atoms with Crippen molar-refractivity contribution in [2.75, 3.05) is 5.32 Å². The van der Waals surface area contributed by atoms with Crippen molar-refractivity contribution in [1.29, 1.82) is 0 Å². The Kier molecular flexibility index (Phi) is 5.93. The summed E-state index contributed by atoms with van der Waals surface area (Å²) in [5, 5.41) is 17.0. The molecular formula is C18H11Cl2N3O4S. The third-order valence-electron chi connectivity index (χ3n) is 3.52. The molecule has 2 N–H and O–H groups in total. The van der Waals surface area contributed by atoms with E-state index >= 15 is 0 Å². The van der Waals surface area contributed by atoms with Crippen LogP contribution in [0.3, 0.4) is 0 Å². The van der Waals surface area contributed by atoms with Gasteiger partial charge in [-0.3, -0.25) is 20.2 Å². The number of halogens is 2. The highest BCUT2D eigenvalue weighted by atomic mass is 35.5. The summed E-state index contributed by atoms with van der Waals surface area (Å²) in [4.78, 5) is 22.7. The van der Waals surface area contributed by atoms with Crippen molar-refractivity contribution in [3.05, 3.63) is 80.5 Å². The quantitative estimate of drug-likeness (QED) is 0.328. The van der Waals surface area contributed by atoms with Crippen molar-refractivity contribution in [3.8, 4) is 11.3 Å². The van der Waals surface area contributed by atoms with E-state index in [4.69, 9.17) is 39.8 Å². The number of thiocarbonyl (C=S) groups is 1. The van der Waals surface area contributed by atoms with Gasteiger partial charge in [0.1, 0.15) is 5.76 Å². The molecule has 142 valence electrons. The molecule has 3 aromatic rings. The van der Waals surface area contributed by atoms with Crippen LogP contribution >= 0.6 is 35.4 Å². The molecule has 10 heteroatoms. The molecule has 0 unspecified atom stereocenters. The summed E-state index contributed by atoms with van der Waals surface area (Å²) in [7, 11) is 0. The number of hydrogen-bond donors (Lipinski definition) is 2. The molecule has 0 bridgehead atoms. The van der Waals surface area contributed by atoms with Gasteiger partial charge in [-0.05, 0) is 42.5 Å². The van der Waals surface area contributed by atoms with Gasteiger partial charge in [0.15, 0.2) is 10.9 Å². The highest BCUT2D eigenvalue weighted by Gasteiger charge is 2.15. The zero-order valence-electron chi connectivity index (χ0n) is 13.9. The minimum Gasteiger partial charge on any atom is -0.451 e. The third kappa shape index (κ3) is 4.86. The van der Waals surface area contributed by atoms with Crippen LogP contribution in [0, 0.1) is 10.1 Å². The van der Waals surface area contributed by atoms with Crippen molar-refractivity contribution < 1.29 is 14.1 Å². The normalized spacial score (nSPS) is 10.4. The van der Waals surface area contributed by atoms with Gasteiger partial charge in [0.25, 0.3) is 11.6 Å². The number of carbonyl (C=O) groups is 1. The number of benzene rings is 2. The maximum absolute atomic E-state index is 12.3. The Morgan fingerprint density at radius 1 is 1.07 bits per heavy atom. The van der Waals surface area contributed by atoms with Crippen LogP contribution in [0.4, 0.5) is 11.4 Å². The first-order valence-electron chi connectivity index (χ1n) is 7.75. The number of non-ortho nitro benzene ring substituents is 1. The second kappa shape index (κ2) is 8.39. The van der Waals surface area contributed by atoms with E-state index in [2.05, 4.69) is 10.6 Å². The zero-order chi connectivity index (χ0) is 20.3. The van der Waals surface area contributed by atoms with Gasteiger partial charge in [-0.1, -0.05) is 35.3 Å². The summed E-state index contributed by atoms with van der Waals surface area (Å²) in [6, 6.07) is 13.6. The summed E-state index contributed by atoms with van der Waals surface area (Å²) in [5.41, 5.74) is 0.910. The number of anilines is 1. The molecule has 1 heterocycles. The van der Waals surface area contributed by atoms with Crippen LogP contribution in [0.15, 0.2) is 59.0 Å². The molecule has 1 aromatic heterocycles. The fraction of sp³-hybridized carbons (Fsp3) is 0. The van der Waals surface area contributed by atoms with E-state index in [-0.39, 0.29) is 16.6 Å². The van der Waals surface area contributed by atoms with Crippen molar-refractivity contribution >= 4 is 57.8 Å². The van der Waals surface area contributed by atoms with Gasteiger partial charge in [0.05, 0.1) is 4.92 Å². The molecule has 0 aliphatic rings. The highest BCUT2D eigenvalue weighted by Crippen LogP contribution is 2.26. The Morgan fingerprint density at radius 2 is 1.79 bits per heavy atom. The first kappa shape index (κ1) is 19.8. The lowest BCUT2D eigenvalue weighted by molar-refractivity contribution is -0.384. The molecule has 3 rings (SSSR count). The molecule has 28 heavy (non-hydrogen) atoms. The first-order valence-corrected chi connectivity index (χ1v) is 8.91. The third-order valence-corrected chi connectivity index (χ3v) is 4.16. The average molecular weight is 436 g/mol. The minimum absolute atomic E-state index is 0.00483. The number of furan rings is 1. The van der Waals surface area contributed by atoms with Crippen LogP contribution in [0.5, 0.6) is 0 Å². The average Bonchev–Trinajstić information content (AvgIpc) is 3.11. The van der Waals surface area contributed by atoms with E-state index in [1.807, 2.05) is 0 Å². The number of hydrogen-bond acceptors (Lipinski definition) is 5. The molecule has 0 saturated carbocycles. The number of carbonyl (C=O) groups excluding carboxylic acids is 1. The van der Waals surface area contributed by atoms with Gasteiger partial charge in [-0.15, -0.1) is 0 Å². The van der Waals surface area contributed by atoms with Gasteiger partial charge in [0.2, 0.25) is 0 Å². The Morgan fingerprint density at radius 3 is 2.46 bits per heavy atom. The number of nitrogens with zero attached hydrogens (tertiary/aromatic N) is 1. The smallest absolute Gasteiger partial charge is 0.293 e. The fourth-order valence-corrected chi connectivity index (χ4v) is 3.08. The largest absolute Gasteiger partial charge is 0.451 e. The second-order valence-electron chi connectivity index (χ2n) is 5.54. The number of nitro groups is 1. The molecule has 0 atom stereocenters. The second-order valence-corrected chi connectivity index (χ2v) is 6.82. The number of amides is 1. The van der Waals surface area contributed by atoms with Crippen LogP contribution in [-0.4, -0.2) is 15.9 Å². The summed E-state index contributed by atoms with van der Waals surface area (Å²) >= 11 is 16.9. The van der Waals surface area contributed by atoms with Gasteiger partial charge in [0, 0.05) is 33.4 Å². The van der Waals surface area contributed by atoms with Crippen molar-refractivity contribution in [3.63, 3.8) is 0 Å². The SMILES string of the molecule is O=C(NC(=S)Nc1cc(Cl)cc(Cl)c1)c1ccc(-c2cccc([N+](=O)[O-])c2)o1. The van der Waals surface area contributed by atoms with Gasteiger partial charge < -0.3 is 9.73 Å². The summed E-state index contributed by atoms with van der Waals surface area (Å²) < 4.78 is 5.49. The standard InChI is InChI=1S/C18H11Cl2N3O4S/c19-11-7-12(20)9-13(8-11)21-18(28)22-17(24)16-5-4-15(27-16)10-2-1-3-14(6-10)23(25)26/h1-9H,(H2,21,22,24,28). The summed E-state index contributed by atoms with van der Waals surface area (Å²) in [6.45, 7) is 0. The molecule has 7 nitrogen and oxygen atoms in total. The van der Waals surface area contributed by atoms with Crippen LogP contribution in [0.2, 0.25) is 10.0 Å². The molecule has 0 aliphatic carbocycles. The predicted molar refractivity (Wildman–Crippen MR) is 111 cm³/mol. The minimum atomic E-state index is -0.581. The Bertz CT molecular complexity index is 1060. The monoisotopic (exact) mass is 435 g/mol. The van der Waals surface area contributed by atoms with Crippen LogP contribution < -0.4 is 10.6 Å². The number of rotatable bonds is 4. The van der Waals surface area contributed by atoms with E-state index in [0.717, 1.165) is 0 Å². The van der Waals surface area contributed by atoms with Gasteiger partial charge in [-0.2, -0.15) is 0 Å². The molecule has 2 aromatic carbocycles. The highest BCUT2D eigenvalue weighted by molar-refractivity contribution is 7.80. The first-order chi connectivity index (χ1) is 13.3. The molecule has 0 radical (unpaired) electrons. The van der Waals surface area contributed by atoms with Crippen molar-refractivity contribution in [2.45, 2.75) is 0 Å². The molecule has 0 saturated heterocycles. The molecule has 1 amide bonds. The fourth-order valence-electron chi connectivity index (χ4n) is 2.34. The lowest BCUT2D eigenvalue weighted by atomic mass is 10.1. The molecule has 0 aliphatic heterocycles. The topological polar surface area (TPSA) is 97.4 Å². The number of nitro benzene ring substituents is 1. The Labute approximate surface area is 174 Å². The van der Waals surface area contributed by atoms with Crippen LogP contribution in [0.25, 0.3) is 11.3 Å². The van der Waals surface area contributed by atoms with E-state index < -0.39 is 10.8 Å². The lowest BCUT2D eigenvalue weighted by Crippen LogP contribution is -2.33. The Hall–Kier alpha value is -2.94. The van der Waals surface area contributed by atoms with Crippen molar-refractivity contribution in [2.24, 2.45) is 0 Å². The maximum atomic E-state index is 12.3. The van der Waals surface area contributed by atoms with E-state index in [0.29, 0.717) is 27.1 Å². The number of nitrogens with one attached hydrogen (secondary N) is 2. The maximum Gasteiger partial charge on any atom is 0.293 e. The van der Waals surface area contributed by atoms with Gasteiger partial charge in [-0.25, -0.2) is 0 Å². The zero-order valence-corrected chi connectivity index (χ0v) is 16.3. The van der Waals surface area contributed by atoms with E-state index in [1.54, 1.807) is 30.3 Å². The summed E-state index contributed by atoms with van der Waals surface area (Å²) in [5.74, 6) is -0.272. The molecule has 0 spiro atoms. The lowest BCUT2D eigenvalue weighted by Gasteiger charge is -2.09. The molecular weight excluding hydrogens is 425 g/mol. The Balaban J connectivity index is 1.69. The van der Waals surface area contributed by atoms with E-state index in [9.17, 15) is 14.9 Å². The van der Waals surface area contributed by atoms with Crippen LogP contribution in [0.1, 0.15) is 10.6 Å². The predicted octanol–water partition coefficient (Wildman–Crippen LogP) is 5.29. The van der Waals surface area contributed by atoms with Crippen molar-refractivity contribution in [1.82, 2.24) is 5.32 Å². The van der Waals surface area contributed by atoms with E-state index in [1.165, 1.54) is 24.3 Å².